The van der Waals surface area contributed by atoms with Crippen LogP contribution in [0.1, 0.15) is 112 Å². The minimum absolute atomic E-state index is 0.483. The smallest absolute Gasteiger partial charge is 0.286 e. The average molecular weight is 685 g/mol. The van der Waals surface area contributed by atoms with E-state index < -0.39 is 0 Å². The second-order valence-electron chi connectivity index (χ2n) is 9.67. The summed E-state index contributed by atoms with van der Waals surface area (Å²) in [5.41, 5.74) is 0. The lowest BCUT2D eigenvalue weighted by Crippen LogP contribution is -1.90. The van der Waals surface area contributed by atoms with Crippen LogP contribution in [0.2, 0.25) is 0 Å². The van der Waals surface area contributed by atoms with Gasteiger partial charge >= 0.3 is 0 Å². The summed E-state index contributed by atoms with van der Waals surface area (Å²) in [6.07, 6.45) is 25.6. The molecule has 0 heterocycles. The minimum Gasteiger partial charge on any atom is -0.428 e. The zero-order valence-corrected chi connectivity index (χ0v) is 30.8. The fourth-order valence-corrected chi connectivity index (χ4v) is 4.01. The van der Waals surface area contributed by atoms with Crippen LogP contribution in [0.25, 0.3) is 0 Å². The van der Waals surface area contributed by atoms with Crippen molar-refractivity contribution in [3.63, 3.8) is 0 Å². The van der Waals surface area contributed by atoms with E-state index >= 15 is 0 Å². The predicted octanol–water partition coefficient (Wildman–Crippen LogP) is 8.76. The number of ether oxygens (including phenoxy) is 3. The number of rotatable bonds is 6. The van der Waals surface area contributed by atoms with Crippen LogP contribution in [0.4, 0.5) is 0 Å². The standard InChI is InChI=1S/C7H12.C6H12.C6H6.6C3H5NO/c1-2-7-4-3-6(1)5-7;2*1-2-4-6-5-3-1;3*1-2-5-3-4;3*1-2-4-3-5/h6-7H,1-5H2;1-6H2;1-6H;6*2H2,1H3. The van der Waals surface area contributed by atoms with Gasteiger partial charge in [-0.05, 0) is 59.8 Å². The molecular weight excluding hydrogens is 624 g/mol. The molecule has 3 aliphatic rings. The van der Waals surface area contributed by atoms with Gasteiger partial charge in [0, 0.05) is 19.6 Å². The maximum atomic E-state index is 9.11. The first-order valence-corrected chi connectivity index (χ1v) is 17.1. The van der Waals surface area contributed by atoms with Crippen molar-refractivity contribution >= 4 is 18.2 Å². The highest BCUT2D eigenvalue weighted by Crippen LogP contribution is 2.43. The fourth-order valence-electron chi connectivity index (χ4n) is 4.01. The molecule has 12 heteroatoms. The van der Waals surface area contributed by atoms with E-state index in [1.165, 1.54) is 87.4 Å². The fraction of sp³-hybridized carbons (Fsp3) is 0.676. The topological polar surface area (TPSA) is 187 Å². The van der Waals surface area contributed by atoms with Crippen LogP contribution in [0.5, 0.6) is 0 Å². The van der Waals surface area contributed by atoms with E-state index in [0.717, 1.165) is 0 Å². The maximum absolute atomic E-state index is 9.11. The number of hydrogen-bond acceptors (Lipinski definition) is 12. The van der Waals surface area contributed by atoms with Crippen LogP contribution in [0, 0.1) is 46.4 Å². The van der Waals surface area contributed by atoms with Crippen molar-refractivity contribution in [2.75, 3.05) is 39.5 Å². The first-order chi connectivity index (χ1) is 23.9. The SMILES string of the molecule is C1CC2CCC1C2.C1CCCCC1.CCN=C=O.CCN=C=O.CCN=C=O.CCOC#N.CCOC#N.CCOC#N.c1ccccc1. The maximum Gasteiger partial charge on any atom is 0.286 e. The van der Waals surface area contributed by atoms with Gasteiger partial charge < -0.3 is 14.2 Å². The lowest BCUT2D eigenvalue weighted by molar-refractivity contribution is 0.291. The molecule has 12 nitrogen and oxygen atoms in total. The lowest BCUT2D eigenvalue weighted by Gasteiger charge is -2.05. The van der Waals surface area contributed by atoms with Crippen molar-refractivity contribution in [1.82, 2.24) is 0 Å². The van der Waals surface area contributed by atoms with E-state index in [4.69, 9.17) is 30.2 Å². The third-order valence-electron chi connectivity index (χ3n) is 6.09. The molecule has 2 bridgehead atoms. The molecule has 0 amide bonds. The molecule has 274 valence electrons. The van der Waals surface area contributed by atoms with Gasteiger partial charge in [0.1, 0.15) is 0 Å². The number of nitrogens with zero attached hydrogens (tertiary/aromatic N) is 6. The van der Waals surface area contributed by atoms with Crippen molar-refractivity contribution in [3.05, 3.63) is 36.4 Å². The summed E-state index contributed by atoms with van der Waals surface area (Å²) in [5, 5.41) is 22.8. The van der Waals surface area contributed by atoms with Crippen LogP contribution in [0.15, 0.2) is 51.4 Å². The van der Waals surface area contributed by atoms with Crippen LogP contribution < -0.4 is 0 Å². The van der Waals surface area contributed by atoms with Gasteiger partial charge in [-0.1, -0.05) is 101 Å². The Kier molecular flexibility index (Phi) is 64.4. The molecule has 0 unspecified atom stereocenters. The van der Waals surface area contributed by atoms with Crippen LogP contribution in [0.3, 0.4) is 0 Å². The van der Waals surface area contributed by atoms with E-state index in [2.05, 4.69) is 29.2 Å². The van der Waals surface area contributed by atoms with Crippen LogP contribution in [-0.4, -0.2) is 57.7 Å². The van der Waals surface area contributed by atoms with Gasteiger partial charge in [0.05, 0.1) is 19.8 Å². The molecule has 3 saturated carbocycles. The van der Waals surface area contributed by atoms with Gasteiger partial charge in [-0.15, -0.1) is 0 Å². The normalized spacial score (nSPS) is 14.3. The third-order valence-corrected chi connectivity index (χ3v) is 6.09. The molecule has 0 radical (unpaired) electrons. The zero-order chi connectivity index (χ0) is 37.9. The van der Waals surface area contributed by atoms with Crippen molar-refractivity contribution in [2.24, 2.45) is 26.8 Å². The summed E-state index contributed by atoms with van der Waals surface area (Å²) in [7, 11) is 0. The highest BCUT2D eigenvalue weighted by Gasteiger charge is 2.30. The summed E-state index contributed by atoms with van der Waals surface area (Å²) < 4.78 is 12.4. The monoisotopic (exact) mass is 684 g/mol. The molecule has 49 heavy (non-hydrogen) atoms. The Morgan fingerprint density at radius 3 is 0.776 bits per heavy atom. The predicted molar refractivity (Wildman–Crippen MR) is 192 cm³/mol. The van der Waals surface area contributed by atoms with E-state index in [1.807, 2.05) is 36.4 Å². The number of hydrogen-bond donors (Lipinski definition) is 0. The first-order valence-electron chi connectivity index (χ1n) is 17.1. The van der Waals surface area contributed by atoms with Crippen molar-refractivity contribution in [1.29, 1.82) is 15.8 Å². The van der Waals surface area contributed by atoms with Gasteiger partial charge in [0.15, 0.2) is 0 Å². The highest BCUT2D eigenvalue weighted by atomic mass is 16.5. The average Bonchev–Trinajstić information content (AvgIpc) is 3.81. The number of carbonyl (C=O) groups excluding carboxylic acids is 3. The Morgan fingerprint density at radius 1 is 0.490 bits per heavy atom. The molecule has 1 aromatic rings. The van der Waals surface area contributed by atoms with Gasteiger partial charge in [-0.2, -0.15) is 15.8 Å². The van der Waals surface area contributed by atoms with Gasteiger partial charge in [0.25, 0.3) is 18.8 Å². The van der Waals surface area contributed by atoms with E-state index in [0.29, 0.717) is 39.5 Å². The molecular formula is C37H60N6O6. The third kappa shape index (κ3) is 66.6. The van der Waals surface area contributed by atoms with Crippen LogP contribution in [-0.2, 0) is 28.6 Å². The summed E-state index contributed by atoms with van der Waals surface area (Å²) in [4.78, 5) is 36.8. The molecule has 1 aromatic carbocycles. The molecule has 0 aromatic heterocycles. The molecule has 3 aliphatic carbocycles. The van der Waals surface area contributed by atoms with E-state index in [1.54, 1.807) is 73.6 Å². The Balaban J connectivity index is -0.000000149. The number of nitriles is 3. The highest BCUT2D eigenvalue weighted by molar-refractivity contribution is 5.33. The lowest BCUT2D eigenvalue weighted by atomic mass is 10.0. The van der Waals surface area contributed by atoms with Crippen molar-refractivity contribution in [3.8, 4) is 18.8 Å². The minimum atomic E-state index is 0.483. The molecule has 3 fully saturated rings. The molecule has 4 rings (SSSR count). The number of benzene rings is 1. The number of isocyanates is 3. The molecule has 0 spiro atoms. The Labute approximate surface area is 295 Å². The largest absolute Gasteiger partial charge is 0.428 e. The Hall–Kier alpha value is -4.77. The second kappa shape index (κ2) is 58.7. The summed E-state index contributed by atoms with van der Waals surface area (Å²) in [6.45, 7) is 13.7. The van der Waals surface area contributed by atoms with Crippen molar-refractivity contribution in [2.45, 2.75) is 112 Å². The summed E-state index contributed by atoms with van der Waals surface area (Å²) in [6, 6.07) is 12.0. The van der Waals surface area contributed by atoms with Gasteiger partial charge in [-0.25, -0.2) is 29.4 Å². The molecule has 0 N–H and O–H groups in total. The van der Waals surface area contributed by atoms with Gasteiger partial charge in [0.2, 0.25) is 18.2 Å². The van der Waals surface area contributed by atoms with E-state index in [9.17, 15) is 0 Å². The van der Waals surface area contributed by atoms with Crippen molar-refractivity contribution < 1.29 is 28.6 Å². The number of fused-ring (bicyclic) bond motifs is 2. The van der Waals surface area contributed by atoms with Crippen LogP contribution >= 0.6 is 0 Å². The Morgan fingerprint density at radius 2 is 0.714 bits per heavy atom. The van der Waals surface area contributed by atoms with E-state index in [-0.39, 0.29) is 0 Å². The number of aliphatic imine (C=N–C) groups is 3. The van der Waals surface area contributed by atoms with Gasteiger partial charge in [-0.3, -0.25) is 0 Å². The first kappa shape index (κ1) is 53.7. The zero-order valence-electron chi connectivity index (χ0n) is 30.8. The quantitative estimate of drug-likeness (QED) is 0.160. The Bertz CT molecular complexity index is 895. The second-order valence-corrected chi connectivity index (χ2v) is 9.67. The molecule has 0 saturated heterocycles. The summed E-state index contributed by atoms with van der Waals surface area (Å²) in [5.74, 6) is 2.34. The molecule has 0 aliphatic heterocycles. The molecule has 0 atom stereocenters. The summed E-state index contributed by atoms with van der Waals surface area (Å²) >= 11 is 0.